The van der Waals surface area contributed by atoms with Gasteiger partial charge in [-0.2, -0.15) is 0 Å². The molecule has 1 fully saturated rings. The van der Waals surface area contributed by atoms with Gasteiger partial charge in [-0.05, 0) is 41.7 Å². The third-order valence-electron chi connectivity index (χ3n) is 5.76. The van der Waals surface area contributed by atoms with Gasteiger partial charge in [0.1, 0.15) is 13.2 Å². The van der Waals surface area contributed by atoms with Crippen molar-refractivity contribution in [3.05, 3.63) is 101 Å². The van der Waals surface area contributed by atoms with E-state index in [-0.39, 0.29) is 19.6 Å². The molecule has 1 saturated heterocycles. The van der Waals surface area contributed by atoms with Crippen molar-refractivity contribution in [2.75, 3.05) is 6.61 Å². The second-order valence-electron chi connectivity index (χ2n) is 8.40. The van der Waals surface area contributed by atoms with Crippen LogP contribution in [0.2, 0.25) is 0 Å². The molecule has 0 aromatic heterocycles. The Morgan fingerprint density at radius 1 is 1.00 bits per heavy atom. The van der Waals surface area contributed by atoms with Gasteiger partial charge in [0.25, 0.3) is 0 Å². The molecule has 5 nitrogen and oxygen atoms in total. The van der Waals surface area contributed by atoms with E-state index in [1.54, 1.807) is 19.1 Å². The predicted molar refractivity (Wildman–Crippen MR) is 122 cm³/mol. The first kappa shape index (κ1) is 23.4. The van der Waals surface area contributed by atoms with Crippen LogP contribution in [0, 0.1) is 17.6 Å². The summed E-state index contributed by atoms with van der Waals surface area (Å²) in [5.74, 6) is -3.26. The SMILES string of the molecule is C[C@@H](Cc1cc(F)c(OCc2ccccc2)c(F)c1)C(=O)N1C(=O)OC[C@H]1Cc1ccccc1. The Hall–Kier alpha value is -3.74. The summed E-state index contributed by atoms with van der Waals surface area (Å²) in [4.78, 5) is 26.5. The Morgan fingerprint density at radius 2 is 1.59 bits per heavy atom. The molecule has 1 heterocycles. The lowest BCUT2D eigenvalue weighted by atomic mass is 9.98. The van der Waals surface area contributed by atoms with Gasteiger partial charge in [-0.1, -0.05) is 67.6 Å². The van der Waals surface area contributed by atoms with Gasteiger partial charge in [-0.3, -0.25) is 4.79 Å². The molecule has 1 aliphatic heterocycles. The van der Waals surface area contributed by atoms with E-state index in [2.05, 4.69) is 0 Å². The molecule has 3 aromatic rings. The average molecular weight is 465 g/mol. The zero-order valence-corrected chi connectivity index (χ0v) is 18.7. The van der Waals surface area contributed by atoms with Crippen LogP contribution >= 0.6 is 0 Å². The third kappa shape index (κ3) is 5.42. The highest BCUT2D eigenvalue weighted by molar-refractivity contribution is 5.94. The van der Waals surface area contributed by atoms with Gasteiger partial charge in [0.05, 0.1) is 6.04 Å². The number of hydrogen-bond acceptors (Lipinski definition) is 4. The molecule has 7 heteroatoms. The van der Waals surface area contributed by atoms with Gasteiger partial charge >= 0.3 is 6.09 Å². The van der Waals surface area contributed by atoms with Crippen molar-refractivity contribution in [3.8, 4) is 5.75 Å². The van der Waals surface area contributed by atoms with Gasteiger partial charge in [-0.25, -0.2) is 18.5 Å². The van der Waals surface area contributed by atoms with Crippen LogP contribution < -0.4 is 4.74 Å². The van der Waals surface area contributed by atoms with Crippen LogP contribution in [0.15, 0.2) is 72.8 Å². The number of hydrogen-bond donors (Lipinski definition) is 0. The second-order valence-corrected chi connectivity index (χ2v) is 8.40. The van der Waals surface area contributed by atoms with Gasteiger partial charge < -0.3 is 9.47 Å². The van der Waals surface area contributed by atoms with Crippen LogP contribution in [0.5, 0.6) is 5.75 Å². The van der Waals surface area contributed by atoms with E-state index in [4.69, 9.17) is 9.47 Å². The maximum Gasteiger partial charge on any atom is 0.416 e. The molecule has 4 rings (SSSR count). The smallest absolute Gasteiger partial charge is 0.416 e. The van der Waals surface area contributed by atoms with Gasteiger partial charge in [0.15, 0.2) is 17.4 Å². The molecular weight excluding hydrogens is 440 g/mol. The van der Waals surface area contributed by atoms with Crippen molar-refractivity contribution in [1.29, 1.82) is 0 Å². The van der Waals surface area contributed by atoms with Crippen molar-refractivity contribution >= 4 is 12.0 Å². The summed E-state index contributed by atoms with van der Waals surface area (Å²) >= 11 is 0. The third-order valence-corrected chi connectivity index (χ3v) is 5.76. The Kier molecular flexibility index (Phi) is 7.21. The molecule has 2 amide bonds. The second kappa shape index (κ2) is 10.5. The van der Waals surface area contributed by atoms with Gasteiger partial charge in [0, 0.05) is 5.92 Å². The maximum atomic E-state index is 14.6. The van der Waals surface area contributed by atoms with Crippen molar-refractivity contribution < 1.29 is 27.8 Å². The fraction of sp³-hybridized carbons (Fsp3) is 0.259. The highest BCUT2D eigenvalue weighted by Crippen LogP contribution is 2.27. The fourth-order valence-corrected chi connectivity index (χ4v) is 4.04. The lowest BCUT2D eigenvalue weighted by Crippen LogP contribution is -2.43. The van der Waals surface area contributed by atoms with Crippen molar-refractivity contribution in [3.63, 3.8) is 0 Å². The van der Waals surface area contributed by atoms with E-state index in [9.17, 15) is 18.4 Å². The molecule has 0 aliphatic carbocycles. The lowest BCUT2D eigenvalue weighted by molar-refractivity contribution is -0.132. The average Bonchev–Trinajstić information content (AvgIpc) is 3.19. The monoisotopic (exact) mass is 465 g/mol. The molecule has 0 N–H and O–H groups in total. The van der Waals surface area contributed by atoms with Crippen LogP contribution in [0.4, 0.5) is 13.6 Å². The summed E-state index contributed by atoms with van der Waals surface area (Å²) in [5, 5.41) is 0. The number of halogens is 2. The number of benzene rings is 3. The number of ether oxygens (including phenoxy) is 2. The normalized spacial score (nSPS) is 16.3. The lowest BCUT2D eigenvalue weighted by Gasteiger charge is -2.23. The number of rotatable bonds is 8. The molecule has 0 saturated carbocycles. The first-order valence-electron chi connectivity index (χ1n) is 11.1. The Morgan fingerprint density at radius 3 is 2.21 bits per heavy atom. The fourth-order valence-electron chi connectivity index (χ4n) is 4.04. The van der Waals surface area contributed by atoms with Crippen LogP contribution in [0.25, 0.3) is 0 Å². The highest BCUT2D eigenvalue weighted by atomic mass is 19.1. The number of cyclic esters (lactones) is 1. The Labute approximate surface area is 196 Å². The summed E-state index contributed by atoms with van der Waals surface area (Å²) in [5.41, 5.74) is 2.06. The molecule has 3 aromatic carbocycles. The van der Waals surface area contributed by atoms with Crippen LogP contribution in [0.3, 0.4) is 0 Å². The minimum atomic E-state index is -0.840. The van der Waals surface area contributed by atoms with Crippen molar-refractivity contribution in [2.24, 2.45) is 5.92 Å². The number of nitrogens with zero attached hydrogens (tertiary/aromatic N) is 1. The molecule has 0 bridgehead atoms. The number of amides is 2. The Balaban J connectivity index is 1.42. The van der Waals surface area contributed by atoms with Crippen LogP contribution in [0.1, 0.15) is 23.6 Å². The molecule has 2 atom stereocenters. The Bertz CT molecular complexity index is 1130. The summed E-state index contributed by atoms with van der Waals surface area (Å²) in [7, 11) is 0. The first-order chi connectivity index (χ1) is 16.4. The quantitative estimate of drug-likeness (QED) is 0.452. The largest absolute Gasteiger partial charge is 0.483 e. The summed E-state index contributed by atoms with van der Waals surface area (Å²) in [6, 6.07) is 20.5. The molecule has 0 radical (unpaired) electrons. The standard InChI is InChI=1S/C27H25F2NO4/c1-18(26(31)30-22(17-34-27(30)32)13-19-8-4-2-5-9-19)12-21-14-23(28)25(24(29)15-21)33-16-20-10-6-3-7-11-20/h2-11,14-15,18,22H,12-13,16-17H2,1H3/t18-,22+/m0/s1. The topological polar surface area (TPSA) is 55.8 Å². The molecular formula is C27H25F2NO4. The van der Waals surface area contributed by atoms with Crippen molar-refractivity contribution in [2.45, 2.75) is 32.4 Å². The molecule has 34 heavy (non-hydrogen) atoms. The maximum absolute atomic E-state index is 14.6. The molecule has 0 unspecified atom stereocenters. The molecule has 1 aliphatic rings. The first-order valence-corrected chi connectivity index (χ1v) is 11.1. The van der Waals surface area contributed by atoms with E-state index < -0.39 is 41.3 Å². The van der Waals surface area contributed by atoms with E-state index in [0.717, 1.165) is 28.2 Å². The summed E-state index contributed by atoms with van der Waals surface area (Å²) < 4.78 is 39.7. The van der Waals surface area contributed by atoms with E-state index in [0.29, 0.717) is 12.0 Å². The summed E-state index contributed by atoms with van der Waals surface area (Å²) in [6.07, 6.45) is -0.158. The minimum absolute atomic E-state index is 0.0305. The highest BCUT2D eigenvalue weighted by Gasteiger charge is 2.39. The molecule has 0 spiro atoms. The zero-order valence-electron chi connectivity index (χ0n) is 18.7. The van der Waals surface area contributed by atoms with Gasteiger partial charge in [-0.15, -0.1) is 0 Å². The van der Waals surface area contributed by atoms with E-state index >= 15 is 0 Å². The number of imide groups is 1. The zero-order chi connectivity index (χ0) is 24.1. The van der Waals surface area contributed by atoms with Crippen LogP contribution in [-0.2, 0) is 29.0 Å². The van der Waals surface area contributed by atoms with E-state index in [1.165, 1.54) is 0 Å². The predicted octanol–water partition coefficient (Wildman–Crippen LogP) is 5.31. The van der Waals surface area contributed by atoms with E-state index in [1.807, 2.05) is 48.5 Å². The number of carbonyl (C=O) groups is 2. The minimum Gasteiger partial charge on any atom is -0.483 e. The van der Waals surface area contributed by atoms with Crippen LogP contribution in [-0.4, -0.2) is 29.5 Å². The van der Waals surface area contributed by atoms with Gasteiger partial charge in [0.2, 0.25) is 5.91 Å². The molecule has 176 valence electrons. The van der Waals surface area contributed by atoms with Crippen molar-refractivity contribution in [1.82, 2.24) is 4.90 Å². The summed E-state index contributed by atoms with van der Waals surface area (Å²) in [6.45, 7) is 1.77. The number of carbonyl (C=O) groups excluding carboxylic acids is 2.